The third-order valence-corrected chi connectivity index (χ3v) is 4.02. The summed E-state index contributed by atoms with van der Waals surface area (Å²) in [6, 6.07) is 2.63. The number of anilines is 1. The molecule has 2 aliphatic rings. The van der Waals surface area contributed by atoms with E-state index in [0.717, 1.165) is 25.6 Å². The van der Waals surface area contributed by atoms with Gasteiger partial charge in [0.2, 0.25) is 0 Å². The standard InChI is InChI=1S/C13H16ClN3O2/c14-11-6-15-12(5-10(11)13(18)19)16-8-3-4-17(7-8)9-1-2-9/h5-6,8-9H,1-4,7H2,(H,15,16)(H,18,19). The summed E-state index contributed by atoms with van der Waals surface area (Å²) in [6.45, 7) is 2.12. The number of rotatable bonds is 4. The van der Waals surface area contributed by atoms with Crippen molar-refractivity contribution in [3.8, 4) is 0 Å². The van der Waals surface area contributed by atoms with E-state index >= 15 is 0 Å². The fourth-order valence-electron chi connectivity index (χ4n) is 2.57. The van der Waals surface area contributed by atoms with Crippen molar-refractivity contribution < 1.29 is 9.90 Å². The van der Waals surface area contributed by atoms with Gasteiger partial charge in [-0.05, 0) is 25.3 Å². The van der Waals surface area contributed by atoms with E-state index in [9.17, 15) is 4.79 Å². The van der Waals surface area contributed by atoms with Gasteiger partial charge in [0.15, 0.2) is 0 Å². The van der Waals surface area contributed by atoms with Gasteiger partial charge < -0.3 is 10.4 Å². The van der Waals surface area contributed by atoms with Crippen LogP contribution in [0.5, 0.6) is 0 Å². The molecular formula is C13H16ClN3O2. The molecule has 1 saturated carbocycles. The predicted octanol–water partition coefficient (Wildman–Crippen LogP) is 2.08. The first-order valence-corrected chi connectivity index (χ1v) is 6.90. The third-order valence-electron chi connectivity index (χ3n) is 3.72. The smallest absolute Gasteiger partial charge is 0.337 e. The lowest BCUT2D eigenvalue weighted by Gasteiger charge is -2.16. The highest BCUT2D eigenvalue weighted by Crippen LogP contribution is 2.30. The summed E-state index contributed by atoms with van der Waals surface area (Å²) in [6.07, 6.45) is 5.09. The molecule has 1 aliphatic heterocycles. The van der Waals surface area contributed by atoms with Crippen molar-refractivity contribution >= 4 is 23.4 Å². The summed E-state index contributed by atoms with van der Waals surface area (Å²) < 4.78 is 0. The van der Waals surface area contributed by atoms with E-state index in [1.54, 1.807) is 0 Å². The molecular weight excluding hydrogens is 266 g/mol. The van der Waals surface area contributed by atoms with Crippen LogP contribution in [0.1, 0.15) is 29.6 Å². The van der Waals surface area contributed by atoms with Crippen LogP contribution in [0, 0.1) is 0 Å². The Balaban J connectivity index is 1.66. The van der Waals surface area contributed by atoms with Gasteiger partial charge in [-0.3, -0.25) is 4.90 Å². The van der Waals surface area contributed by atoms with Crippen molar-refractivity contribution in [1.82, 2.24) is 9.88 Å². The summed E-state index contributed by atoms with van der Waals surface area (Å²) in [5.41, 5.74) is 0.0937. The second kappa shape index (κ2) is 4.98. The average molecular weight is 282 g/mol. The number of carboxylic acid groups (broad SMARTS) is 1. The van der Waals surface area contributed by atoms with E-state index in [2.05, 4.69) is 15.2 Å². The van der Waals surface area contributed by atoms with Crippen LogP contribution in [0.15, 0.2) is 12.3 Å². The van der Waals surface area contributed by atoms with Crippen molar-refractivity contribution in [3.63, 3.8) is 0 Å². The minimum Gasteiger partial charge on any atom is -0.478 e. The molecule has 1 aliphatic carbocycles. The van der Waals surface area contributed by atoms with Gasteiger partial charge in [-0.2, -0.15) is 0 Å². The molecule has 1 atom stereocenters. The van der Waals surface area contributed by atoms with Crippen molar-refractivity contribution in [2.24, 2.45) is 0 Å². The maximum atomic E-state index is 11.0. The lowest BCUT2D eigenvalue weighted by Crippen LogP contribution is -2.28. The Morgan fingerprint density at radius 1 is 1.47 bits per heavy atom. The maximum Gasteiger partial charge on any atom is 0.337 e. The summed E-state index contributed by atoms with van der Waals surface area (Å²) >= 11 is 5.80. The van der Waals surface area contributed by atoms with Gasteiger partial charge in [-0.15, -0.1) is 0 Å². The first kappa shape index (κ1) is 12.7. The van der Waals surface area contributed by atoms with Crippen molar-refractivity contribution in [2.45, 2.75) is 31.3 Å². The number of hydrogen-bond acceptors (Lipinski definition) is 4. The highest BCUT2D eigenvalue weighted by Gasteiger charge is 2.34. The van der Waals surface area contributed by atoms with Crippen LogP contribution >= 0.6 is 11.6 Å². The quantitative estimate of drug-likeness (QED) is 0.885. The van der Waals surface area contributed by atoms with Gasteiger partial charge >= 0.3 is 5.97 Å². The number of carbonyl (C=O) groups is 1. The van der Waals surface area contributed by atoms with Gasteiger partial charge in [0.25, 0.3) is 0 Å². The Morgan fingerprint density at radius 2 is 2.26 bits per heavy atom. The predicted molar refractivity (Wildman–Crippen MR) is 72.8 cm³/mol. The minimum atomic E-state index is -1.03. The zero-order valence-electron chi connectivity index (χ0n) is 10.5. The average Bonchev–Trinajstić information content (AvgIpc) is 3.12. The van der Waals surface area contributed by atoms with Crippen LogP contribution in [-0.4, -0.2) is 46.1 Å². The molecule has 2 fully saturated rings. The molecule has 6 heteroatoms. The molecule has 1 unspecified atom stereocenters. The van der Waals surface area contributed by atoms with Crippen molar-refractivity contribution in [3.05, 3.63) is 22.8 Å². The van der Waals surface area contributed by atoms with Gasteiger partial charge in [-0.25, -0.2) is 9.78 Å². The van der Waals surface area contributed by atoms with Gasteiger partial charge in [-0.1, -0.05) is 11.6 Å². The summed E-state index contributed by atoms with van der Waals surface area (Å²) in [4.78, 5) is 17.6. The van der Waals surface area contributed by atoms with Crippen LogP contribution in [0.2, 0.25) is 5.02 Å². The van der Waals surface area contributed by atoms with E-state index in [1.165, 1.54) is 25.1 Å². The molecule has 0 bridgehead atoms. The number of likely N-dealkylation sites (tertiary alicyclic amines) is 1. The number of hydrogen-bond donors (Lipinski definition) is 2. The zero-order chi connectivity index (χ0) is 13.4. The number of halogens is 1. The molecule has 2 heterocycles. The SMILES string of the molecule is O=C(O)c1cc(NC2CCN(C3CC3)C2)ncc1Cl. The van der Waals surface area contributed by atoms with Gasteiger partial charge in [0.05, 0.1) is 10.6 Å². The Hall–Kier alpha value is -1.33. The zero-order valence-corrected chi connectivity index (χ0v) is 11.2. The Bertz CT molecular complexity index is 505. The van der Waals surface area contributed by atoms with Crippen LogP contribution in [-0.2, 0) is 0 Å². The number of aromatic carboxylic acids is 1. The summed E-state index contributed by atoms with van der Waals surface area (Å²) in [5, 5.41) is 12.5. The highest BCUT2D eigenvalue weighted by molar-refractivity contribution is 6.33. The molecule has 0 radical (unpaired) electrons. The van der Waals surface area contributed by atoms with Crippen LogP contribution in [0.4, 0.5) is 5.82 Å². The third kappa shape index (κ3) is 2.82. The first-order chi connectivity index (χ1) is 9.13. The molecule has 1 aromatic heterocycles. The molecule has 2 N–H and O–H groups in total. The second-order valence-electron chi connectivity index (χ2n) is 5.21. The maximum absolute atomic E-state index is 11.0. The fourth-order valence-corrected chi connectivity index (χ4v) is 2.75. The van der Waals surface area contributed by atoms with Crippen molar-refractivity contribution in [2.75, 3.05) is 18.4 Å². The molecule has 1 aromatic rings. The van der Waals surface area contributed by atoms with Crippen molar-refractivity contribution in [1.29, 1.82) is 0 Å². The molecule has 102 valence electrons. The van der Waals surface area contributed by atoms with Crippen LogP contribution in [0.3, 0.4) is 0 Å². The van der Waals surface area contributed by atoms with E-state index < -0.39 is 5.97 Å². The summed E-state index contributed by atoms with van der Waals surface area (Å²) in [7, 11) is 0. The second-order valence-corrected chi connectivity index (χ2v) is 5.62. The highest BCUT2D eigenvalue weighted by atomic mass is 35.5. The van der Waals surface area contributed by atoms with Gasteiger partial charge in [0, 0.05) is 31.4 Å². The van der Waals surface area contributed by atoms with E-state index in [-0.39, 0.29) is 10.6 Å². The number of carboxylic acids is 1. The molecule has 1 saturated heterocycles. The molecule has 0 amide bonds. The Labute approximate surface area is 116 Å². The van der Waals surface area contributed by atoms with E-state index in [4.69, 9.17) is 16.7 Å². The normalized spacial score (nSPS) is 23.5. The molecule has 19 heavy (non-hydrogen) atoms. The molecule has 0 aromatic carbocycles. The fraction of sp³-hybridized carbons (Fsp3) is 0.538. The Kier molecular flexibility index (Phi) is 3.33. The number of aromatic nitrogens is 1. The lowest BCUT2D eigenvalue weighted by atomic mass is 10.2. The number of nitrogens with one attached hydrogen (secondary N) is 1. The van der Waals surface area contributed by atoms with Crippen LogP contribution < -0.4 is 5.32 Å². The topological polar surface area (TPSA) is 65.5 Å². The molecule has 0 spiro atoms. The lowest BCUT2D eigenvalue weighted by molar-refractivity contribution is 0.0697. The summed E-state index contributed by atoms with van der Waals surface area (Å²) in [5.74, 6) is -0.439. The van der Waals surface area contributed by atoms with Gasteiger partial charge in [0.1, 0.15) is 5.82 Å². The molecule has 3 rings (SSSR count). The number of nitrogens with zero attached hydrogens (tertiary/aromatic N) is 2. The van der Waals surface area contributed by atoms with E-state index in [1.807, 2.05) is 0 Å². The Morgan fingerprint density at radius 3 is 2.95 bits per heavy atom. The van der Waals surface area contributed by atoms with Crippen LogP contribution in [0.25, 0.3) is 0 Å². The largest absolute Gasteiger partial charge is 0.478 e. The minimum absolute atomic E-state index is 0.0937. The van der Waals surface area contributed by atoms with E-state index in [0.29, 0.717) is 11.9 Å². The monoisotopic (exact) mass is 281 g/mol. The molecule has 5 nitrogen and oxygen atoms in total. The number of pyridine rings is 1. The first-order valence-electron chi connectivity index (χ1n) is 6.53.